The number of nitrogens with zero attached hydrogens (tertiary/aromatic N) is 8. The Kier molecular flexibility index (Phi) is 4.19. The van der Waals surface area contributed by atoms with Crippen molar-refractivity contribution in [3.05, 3.63) is 77.6 Å². The molecule has 1 saturated heterocycles. The smallest absolute Gasteiger partial charge is 0.360 e. The van der Waals surface area contributed by atoms with Crippen LogP contribution in [-0.4, -0.2) is 48.2 Å². The molecule has 0 aliphatic carbocycles. The van der Waals surface area contributed by atoms with Crippen LogP contribution in [0, 0.1) is 19.0 Å². The molecule has 31 heavy (non-hydrogen) atoms. The molecule has 0 atom stereocenters. The highest BCUT2D eigenvalue weighted by atomic mass is 19.1. The Morgan fingerprint density at radius 1 is 1.10 bits per heavy atom. The Morgan fingerprint density at radius 2 is 1.87 bits per heavy atom. The summed E-state index contributed by atoms with van der Waals surface area (Å²) in [6, 6.07) is 8.89. The number of aromatic nitrogens is 5. The maximum Gasteiger partial charge on any atom is 0.438 e. The van der Waals surface area contributed by atoms with E-state index in [1.807, 2.05) is 4.57 Å². The molecular weight excluding hydrogens is 399 g/mol. The number of imidazole rings is 2. The van der Waals surface area contributed by atoms with Crippen molar-refractivity contribution in [1.29, 1.82) is 0 Å². The molecule has 1 aliphatic heterocycles. The molecule has 1 fully saturated rings. The first-order valence-corrected chi connectivity index (χ1v) is 9.31. The van der Waals surface area contributed by atoms with Gasteiger partial charge in [0.2, 0.25) is 5.65 Å². The van der Waals surface area contributed by atoms with Gasteiger partial charge < -0.3 is 14.3 Å². The van der Waals surface area contributed by atoms with E-state index < -0.39 is 6.03 Å². The average molecular weight is 412 g/mol. The van der Waals surface area contributed by atoms with Crippen LogP contribution in [0.4, 0.5) is 15.0 Å². The van der Waals surface area contributed by atoms with Gasteiger partial charge >= 0.3 is 6.03 Å². The Hall–Kier alpha value is -4.57. The first kappa shape index (κ1) is 18.5. The molecule has 1 aliphatic rings. The highest BCUT2D eigenvalue weighted by Gasteiger charge is 2.37. The van der Waals surface area contributed by atoms with Gasteiger partial charge in [-0.3, -0.25) is 9.69 Å². The van der Waals surface area contributed by atoms with Crippen LogP contribution >= 0.6 is 0 Å². The van der Waals surface area contributed by atoms with Crippen LogP contribution in [0.1, 0.15) is 6.04 Å². The van der Waals surface area contributed by atoms with Crippen LogP contribution in [0.2, 0.25) is 0 Å². The molecule has 0 radical (unpaired) electrons. The van der Waals surface area contributed by atoms with Gasteiger partial charge in [-0.15, -0.1) is 4.52 Å². The first-order valence-electron chi connectivity index (χ1n) is 9.31. The second-order valence-corrected chi connectivity index (χ2v) is 7.03. The van der Waals surface area contributed by atoms with Gasteiger partial charge in [-0.25, -0.2) is 14.4 Å². The standard InChI is InChI=1S/C21H13FN8O/c1-23-18-9-25-17-8-7-16(27-30(17)18)20-19(13-3-5-14(22)6-4-13)26-12-29(20)15-10-28(11-15)21(31)24-2/h3-9,12,15H,10-11H2. The molecule has 5 rings (SSSR count). The minimum absolute atomic E-state index is 0.0805. The molecule has 0 N–H and O–H groups in total. The molecule has 0 bridgehead atoms. The maximum atomic E-state index is 13.5. The summed E-state index contributed by atoms with van der Waals surface area (Å²) in [5.74, 6) is -0.0691. The number of hydrogen-bond donors (Lipinski definition) is 0. The zero-order valence-electron chi connectivity index (χ0n) is 16.0. The van der Waals surface area contributed by atoms with Gasteiger partial charge in [-0.05, 0) is 30.3 Å². The second kappa shape index (κ2) is 7.04. The minimum atomic E-state index is -0.587. The summed E-state index contributed by atoms with van der Waals surface area (Å²) < 4.78 is 16.8. The predicted octanol–water partition coefficient (Wildman–Crippen LogP) is 3.85. The Balaban J connectivity index is 1.64. The summed E-state index contributed by atoms with van der Waals surface area (Å²) >= 11 is 0. The summed E-state index contributed by atoms with van der Waals surface area (Å²) in [5, 5.41) is 4.60. The Bertz CT molecular complexity index is 1400. The lowest BCUT2D eigenvalue weighted by molar-refractivity contribution is 0.138. The molecule has 10 heteroatoms. The van der Waals surface area contributed by atoms with Crippen molar-refractivity contribution in [2.75, 3.05) is 13.1 Å². The van der Waals surface area contributed by atoms with Crippen molar-refractivity contribution >= 4 is 17.5 Å². The zero-order chi connectivity index (χ0) is 21.5. The third kappa shape index (κ3) is 2.98. The van der Waals surface area contributed by atoms with Gasteiger partial charge in [-0.2, -0.15) is 0 Å². The number of rotatable bonds is 3. The molecular formula is C21H13FN8O. The van der Waals surface area contributed by atoms with Crippen molar-refractivity contribution in [3.63, 3.8) is 0 Å². The average Bonchev–Trinajstić information content (AvgIpc) is 3.36. The number of carbonyl (C=O) groups is 1. The monoisotopic (exact) mass is 412 g/mol. The summed E-state index contributed by atoms with van der Waals surface area (Å²) in [5.41, 5.74) is 3.09. The van der Waals surface area contributed by atoms with E-state index in [4.69, 9.17) is 13.1 Å². The second-order valence-electron chi connectivity index (χ2n) is 7.03. The van der Waals surface area contributed by atoms with E-state index in [1.54, 1.807) is 30.6 Å². The summed E-state index contributed by atoms with van der Waals surface area (Å²) in [6.45, 7) is 15.0. The summed E-state index contributed by atoms with van der Waals surface area (Å²) in [4.78, 5) is 28.2. The fourth-order valence-electron chi connectivity index (χ4n) is 3.63. The third-order valence-corrected chi connectivity index (χ3v) is 5.23. The summed E-state index contributed by atoms with van der Waals surface area (Å²) in [7, 11) is 0. The number of hydrogen-bond acceptors (Lipinski definition) is 4. The number of carbonyl (C=O) groups excluding carboxylic acids is 1. The lowest BCUT2D eigenvalue weighted by atomic mass is 10.1. The SMILES string of the molecule is [C-]#[N+]C(=O)N1CC(n2cnc(-c3ccc(F)cc3)c2-c2ccc3ncc([N+]#[C-])n3n2)C1. The lowest BCUT2D eigenvalue weighted by Gasteiger charge is -2.35. The highest BCUT2D eigenvalue weighted by Crippen LogP contribution is 2.35. The van der Waals surface area contributed by atoms with Crippen LogP contribution in [0.5, 0.6) is 0 Å². The quantitative estimate of drug-likeness (QED) is 0.479. The van der Waals surface area contributed by atoms with Crippen molar-refractivity contribution in [1.82, 2.24) is 29.0 Å². The van der Waals surface area contributed by atoms with Crippen molar-refractivity contribution in [2.24, 2.45) is 0 Å². The van der Waals surface area contributed by atoms with Gasteiger partial charge in [0.05, 0.1) is 37.0 Å². The van der Waals surface area contributed by atoms with Gasteiger partial charge in [-0.1, -0.05) is 18.2 Å². The van der Waals surface area contributed by atoms with Crippen LogP contribution in [-0.2, 0) is 0 Å². The number of likely N-dealkylation sites (tertiary alicyclic amines) is 1. The van der Waals surface area contributed by atoms with Crippen LogP contribution in [0.3, 0.4) is 0 Å². The van der Waals surface area contributed by atoms with E-state index in [-0.39, 0.29) is 17.7 Å². The van der Waals surface area contributed by atoms with E-state index in [1.165, 1.54) is 27.7 Å². The van der Waals surface area contributed by atoms with E-state index in [0.717, 1.165) is 0 Å². The third-order valence-electron chi connectivity index (χ3n) is 5.23. The number of fused-ring (bicyclic) bond motifs is 1. The van der Waals surface area contributed by atoms with E-state index in [9.17, 15) is 9.18 Å². The fraction of sp³-hybridized carbons (Fsp3) is 0.143. The van der Waals surface area contributed by atoms with Gasteiger partial charge in [0, 0.05) is 11.6 Å². The zero-order valence-corrected chi connectivity index (χ0v) is 16.0. The van der Waals surface area contributed by atoms with E-state index in [2.05, 4.69) is 24.8 Å². The van der Waals surface area contributed by atoms with E-state index >= 15 is 0 Å². The molecule has 0 spiro atoms. The predicted molar refractivity (Wildman–Crippen MR) is 108 cm³/mol. The van der Waals surface area contributed by atoms with Crippen molar-refractivity contribution in [2.45, 2.75) is 6.04 Å². The normalized spacial score (nSPS) is 13.6. The highest BCUT2D eigenvalue weighted by molar-refractivity contribution is 5.84. The fourth-order valence-corrected chi connectivity index (χ4v) is 3.63. The molecule has 3 aromatic heterocycles. The molecule has 4 aromatic rings. The lowest BCUT2D eigenvalue weighted by Crippen LogP contribution is -2.49. The van der Waals surface area contributed by atoms with E-state index in [0.29, 0.717) is 41.4 Å². The topological polar surface area (TPSA) is 77.0 Å². The van der Waals surface area contributed by atoms with Gasteiger partial charge in [0.1, 0.15) is 17.6 Å². The van der Waals surface area contributed by atoms with Crippen molar-refractivity contribution in [3.8, 4) is 22.6 Å². The number of benzene rings is 1. The Morgan fingerprint density at radius 3 is 2.58 bits per heavy atom. The number of urea groups is 1. The van der Waals surface area contributed by atoms with Crippen LogP contribution in [0.15, 0.2) is 48.9 Å². The minimum Gasteiger partial charge on any atom is -0.360 e. The summed E-state index contributed by atoms with van der Waals surface area (Å²) in [6.07, 6.45) is 3.12. The molecule has 0 unspecified atom stereocenters. The molecule has 9 nitrogen and oxygen atoms in total. The Labute approximate surface area is 175 Å². The molecule has 1 aromatic carbocycles. The molecule has 0 saturated carbocycles. The van der Waals surface area contributed by atoms with Crippen LogP contribution < -0.4 is 0 Å². The largest absolute Gasteiger partial charge is 0.438 e. The number of halogens is 1. The molecule has 150 valence electrons. The molecule has 4 heterocycles. The first-order chi connectivity index (χ1) is 15.1. The molecule has 2 amide bonds. The van der Waals surface area contributed by atoms with Crippen molar-refractivity contribution < 1.29 is 9.18 Å². The maximum absolute atomic E-state index is 13.5. The van der Waals surface area contributed by atoms with Crippen LogP contribution in [0.25, 0.3) is 38.0 Å². The van der Waals surface area contributed by atoms with Gasteiger partial charge in [0.15, 0.2) is 0 Å². The van der Waals surface area contributed by atoms with Gasteiger partial charge in [0.25, 0.3) is 5.82 Å². The number of amides is 2.